The molecule has 3 heterocycles. The number of para-hydroxylation sites is 1. The topological polar surface area (TPSA) is 65.8 Å². The van der Waals surface area contributed by atoms with E-state index in [1.165, 1.54) is 4.57 Å². The van der Waals surface area contributed by atoms with Crippen LogP contribution < -0.4 is 0 Å². The first-order valence-electron chi connectivity index (χ1n) is 9.84. The molecule has 1 saturated heterocycles. The van der Waals surface area contributed by atoms with E-state index < -0.39 is 6.09 Å². The molecule has 0 spiro atoms. The molecule has 0 saturated carbocycles. The van der Waals surface area contributed by atoms with Gasteiger partial charge in [0, 0.05) is 30.1 Å². The number of hydrogen-bond donors (Lipinski definition) is 1. The average molecular weight is 381 g/mol. The van der Waals surface area contributed by atoms with Gasteiger partial charge in [-0.2, -0.15) is 0 Å². The molecule has 1 aromatic heterocycles. The fraction of sp³-hybridized carbons (Fsp3) is 0.455. The van der Waals surface area contributed by atoms with Gasteiger partial charge in [0.25, 0.3) is 0 Å². The predicted molar refractivity (Wildman–Crippen MR) is 109 cm³/mol. The van der Waals surface area contributed by atoms with Crippen molar-refractivity contribution in [2.75, 3.05) is 26.7 Å². The molecule has 1 atom stereocenters. The van der Waals surface area contributed by atoms with Crippen LogP contribution in [-0.4, -0.2) is 58.2 Å². The van der Waals surface area contributed by atoms with Crippen LogP contribution in [0.4, 0.5) is 4.79 Å². The number of rotatable bonds is 1. The number of aromatic nitrogens is 1. The fourth-order valence-corrected chi connectivity index (χ4v) is 4.81. The molecule has 6 heteroatoms. The van der Waals surface area contributed by atoms with Crippen molar-refractivity contribution in [3.63, 3.8) is 0 Å². The fourth-order valence-electron chi connectivity index (χ4n) is 4.81. The van der Waals surface area contributed by atoms with Crippen LogP contribution in [0.1, 0.15) is 37.9 Å². The minimum atomic E-state index is -1.01. The molecule has 28 heavy (non-hydrogen) atoms. The van der Waals surface area contributed by atoms with E-state index in [9.17, 15) is 14.7 Å². The Morgan fingerprint density at radius 3 is 2.68 bits per heavy atom. The van der Waals surface area contributed by atoms with E-state index in [0.29, 0.717) is 17.8 Å². The van der Waals surface area contributed by atoms with Crippen molar-refractivity contribution in [2.45, 2.75) is 32.1 Å². The molecule has 6 nitrogen and oxygen atoms in total. The van der Waals surface area contributed by atoms with Crippen LogP contribution in [0.3, 0.4) is 0 Å². The number of likely N-dealkylation sites (tertiary alicyclic amines) is 1. The summed E-state index contributed by atoms with van der Waals surface area (Å²) in [6, 6.07) is 7.59. The number of amides is 1. The third kappa shape index (κ3) is 3.02. The molecule has 2 aliphatic heterocycles. The maximum Gasteiger partial charge on any atom is 0.416 e. The van der Waals surface area contributed by atoms with Crippen LogP contribution in [0.25, 0.3) is 17.0 Å². The summed E-state index contributed by atoms with van der Waals surface area (Å²) in [5.74, 6) is 0.127. The van der Waals surface area contributed by atoms with Crippen LogP contribution in [0.15, 0.2) is 30.5 Å². The lowest BCUT2D eigenvalue weighted by Gasteiger charge is -2.35. The van der Waals surface area contributed by atoms with E-state index in [2.05, 4.69) is 25.8 Å². The normalized spacial score (nSPS) is 22.1. The van der Waals surface area contributed by atoms with Crippen molar-refractivity contribution in [1.82, 2.24) is 14.4 Å². The summed E-state index contributed by atoms with van der Waals surface area (Å²) in [5.41, 5.74) is 1.94. The van der Waals surface area contributed by atoms with E-state index in [4.69, 9.17) is 0 Å². The van der Waals surface area contributed by atoms with Crippen LogP contribution in [-0.2, 0) is 10.2 Å². The molecule has 1 aromatic carbocycles. The third-order valence-corrected chi connectivity index (χ3v) is 6.01. The lowest BCUT2D eigenvalue weighted by Crippen LogP contribution is -2.44. The molecule has 1 amide bonds. The highest BCUT2D eigenvalue weighted by Crippen LogP contribution is 2.39. The van der Waals surface area contributed by atoms with E-state index in [-0.39, 0.29) is 17.2 Å². The van der Waals surface area contributed by atoms with E-state index >= 15 is 0 Å². The number of benzene rings is 1. The number of carbonyl (C=O) groups is 2. The number of hydrogen-bond acceptors (Lipinski definition) is 3. The lowest BCUT2D eigenvalue weighted by molar-refractivity contribution is -0.135. The largest absolute Gasteiger partial charge is 0.464 e. The second kappa shape index (κ2) is 6.78. The smallest absolute Gasteiger partial charge is 0.416 e. The highest BCUT2D eigenvalue weighted by Gasteiger charge is 2.37. The van der Waals surface area contributed by atoms with Gasteiger partial charge in [-0.15, -0.1) is 0 Å². The minimum Gasteiger partial charge on any atom is -0.464 e. The SMILES string of the molecule is CN1CCCC(C(=O)N2C=Cc3c(c4ccccc4n3C(=O)O)C(C)(C)C2)C1. The molecular formula is C22H27N3O3. The first-order valence-corrected chi connectivity index (χ1v) is 9.84. The maximum absolute atomic E-state index is 13.2. The van der Waals surface area contributed by atoms with Gasteiger partial charge in [-0.1, -0.05) is 32.0 Å². The predicted octanol–water partition coefficient (Wildman–Crippen LogP) is 3.60. The maximum atomic E-state index is 13.2. The Morgan fingerprint density at radius 2 is 1.96 bits per heavy atom. The zero-order valence-corrected chi connectivity index (χ0v) is 16.7. The Bertz CT molecular complexity index is 973. The molecule has 0 bridgehead atoms. The van der Waals surface area contributed by atoms with Crippen molar-refractivity contribution >= 4 is 29.0 Å². The number of piperidine rings is 1. The van der Waals surface area contributed by atoms with Crippen molar-refractivity contribution in [3.8, 4) is 0 Å². The molecule has 0 radical (unpaired) electrons. The summed E-state index contributed by atoms with van der Waals surface area (Å²) in [4.78, 5) is 29.2. The molecule has 1 fully saturated rings. The standard InChI is InChI=1S/C22H27N3O3/c1-22(2)14-24(20(26)15-7-6-11-23(3)13-15)12-10-18-19(22)16-8-4-5-9-17(16)25(18)21(27)28/h4-5,8-10,12,15H,6-7,11,13-14H2,1-3H3,(H,27,28). The van der Waals surface area contributed by atoms with Crippen molar-refractivity contribution in [1.29, 1.82) is 0 Å². The van der Waals surface area contributed by atoms with Gasteiger partial charge in [-0.05, 0) is 44.1 Å². The third-order valence-electron chi connectivity index (χ3n) is 6.01. The van der Waals surface area contributed by atoms with Gasteiger partial charge in [0.15, 0.2) is 0 Å². The van der Waals surface area contributed by atoms with Gasteiger partial charge in [-0.3, -0.25) is 4.79 Å². The van der Waals surface area contributed by atoms with Gasteiger partial charge in [0.05, 0.1) is 17.1 Å². The second-order valence-corrected chi connectivity index (χ2v) is 8.66. The highest BCUT2D eigenvalue weighted by molar-refractivity contribution is 5.97. The number of carboxylic acid groups (broad SMARTS) is 1. The molecule has 2 aliphatic rings. The van der Waals surface area contributed by atoms with Crippen molar-refractivity contribution in [2.24, 2.45) is 5.92 Å². The number of fused-ring (bicyclic) bond motifs is 3. The molecule has 0 aliphatic carbocycles. The molecule has 2 aromatic rings. The molecule has 1 N–H and O–H groups in total. The zero-order valence-electron chi connectivity index (χ0n) is 16.7. The van der Waals surface area contributed by atoms with Crippen molar-refractivity contribution in [3.05, 3.63) is 41.7 Å². The van der Waals surface area contributed by atoms with Gasteiger partial charge in [0.1, 0.15) is 0 Å². The van der Waals surface area contributed by atoms with E-state index in [1.54, 1.807) is 17.2 Å². The summed E-state index contributed by atoms with van der Waals surface area (Å²) < 4.78 is 1.34. The molecular weight excluding hydrogens is 354 g/mol. The van der Waals surface area contributed by atoms with Crippen LogP contribution in [0, 0.1) is 5.92 Å². The number of nitrogens with zero attached hydrogens (tertiary/aromatic N) is 3. The quantitative estimate of drug-likeness (QED) is 0.820. The Balaban J connectivity index is 1.78. The second-order valence-electron chi connectivity index (χ2n) is 8.66. The van der Waals surface area contributed by atoms with Gasteiger partial charge >= 0.3 is 6.09 Å². The van der Waals surface area contributed by atoms with Gasteiger partial charge < -0.3 is 14.9 Å². The van der Waals surface area contributed by atoms with Crippen molar-refractivity contribution < 1.29 is 14.7 Å². The van der Waals surface area contributed by atoms with Gasteiger partial charge in [-0.25, -0.2) is 9.36 Å². The number of carbonyl (C=O) groups excluding carboxylic acids is 1. The van der Waals surface area contributed by atoms with Crippen LogP contribution >= 0.6 is 0 Å². The Labute approximate surface area is 165 Å². The monoisotopic (exact) mass is 381 g/mol. The first kappa shape index (κ1) is 18.7. The van der Waals surface area contributed by atoms with Gasteiger partial charge in [0.2, 0.25) is 5.91 Å². The Kier molecular flexibility index (Phi) is 4.54. The Morgan fingerprint density at radius 1 is 1.21 bits per heavy atom. The summed E-state index contributed by atoms with van der Waals surface area (Å²) >= 11 is 0. The highest BCUT2D eigenvalue weighted by atomic mass is 16.4. The first-order chi connectivity index (χ1) is 13.3. The summed E-state index contributed by atoms with van der Waals surface area (Å²) in [6.45, 7) is 6.52. The van der Waals surface area contributed by atoms with E-state index in [0.717, 1.165) is 36.9 Å². The molecule has 1 unspecified atom stereocenters. The average Bonchev–Trinajstić information content (AvgIpc) is 2.92. The Hall–Kier alpha value is -2.60. The lowest BCUT2D eigenvalue weighted by atomic mass is 9.82. The summed E-state index contributed by atoms with van der Waals surface area (Å²) in [6.07, 6.45) is 4.51. The minimum absolute atomic E-state index is 0.00463. The van der Waals surface area contributed by atoms with E-state index in [1.807, 2.05) is 24.3 Å². The molecule has 148 valence electrons. The summed E-state index contributed by atoms with van der Waals surface area (Å²) in [5, 5.41) is 10.8. The van der Waals surface area contributed by atoms with Crippen LogP contribution in [0.5, 0.6) is 0 Å². The molecule has 4 rings (SSSR count). The zero-order chi connectivity index (χ0) is 20.1. The summed E-state index contributed by atoms with van der Waals surface area (Å²) in [7, 11) is 2.05. The van der Waals surface area contributed by atoms with Crippen LogP contribution in [0.2, 0.25) is 0 Å².